The zero-order valence-corrected chi connectivity index (χ0v) is 15.3. The minimum Gasteiger partial charge on any atom is -0.326 e. The number of nitrogens with one attached hydrogen (secondary N) is 1. The van der Waals surface area contributed by atoms with Crippen molar-refractivity contribution < 1.29 is 14.5 Å². The Morgan fingerprint density at radius 2 is 1.92 bits per heavy atom. The van der Waals surface area contributed by atoms with Crippen molar-refractivity contribution in [1.29, 1.82) is 0 Å². The number of nitro groups is 1. The second kappa shape index (κ2) is 9.72. The van der Waals surface area contributed by atoms with Crippen LogP contribution in [0.5, 0.6) is 0 Å². The number of carbonyl (C=O) groups excluding carboxylic acids is 2. The summed E-state index contributed by atoms with van der Waals surface area (Å²) in [5.41, 5.74) is 0.910. The van der Waals surface area contributed by atoms with E-state index in [0.717, 1.165) is 17.7 Å². The Hall–Kier alpha value is -2.67. The molecule has 0 unspecified atom stereocenters. The van der Waals surface area contributed by atoms with Crippen LogP contribution in [0.4, 0.5) is 11.4 Å². The molecular formula is C19H20N2O4S. The number of anilines is 1. The molecule has 6 nitrogen and oxygen atoms in total. The lowest BCUT2D eigenvalue weighted by atomic mass is 10.1. The number of Topliss-reactive ketones (excluding diaryl/α,β-unsaturated/α-hetero) is 1. The zero-order valence-electron chi connectivity index (χ0n) is 14.4. The topological polar surface area (TPSA) is 89.3 Å². The lowest BCUT2D eigenvalue weighted by Gasteiger charge is -2.07. The predicted molar refractivity (Wildman–Crippen MR) is 103 cm³/mol. The van der Waals surface area contributed by atoms with Crippen LogP contribution in [0.3, 0.4) is 0 Å². The molecule has 1 N–H and O–H groups in total. The fourth-order valence-electron chi connectivity index (χ4n) is 2.25. The van der Waals surface area contributed by atoms with Gasteiger partial charge < -0.3 is 5.32 Å². The van der Waals surface area contributed by atoms with Gasteiger partial charge >= 0.3 is 0 Å². The summed E-state index contributed by atoms with van der Waals surface area (Å²) < 4.78 is 0. The van der Waals surface area contributed by atoms with Crippen LogP contribution in [-0.2, 0) is 4.79 Å². The van der Waals surface area contributed by atoms with Crippen LogP contribution < -0.4 is 5.32 Å². The van der Waals surface area contributed by atoms with E-state index in [4.69, 9.17) is 0 Å². The molecule has 0 aliphatic carbocycles. The summed E-state index contributed by atoms with van der Waals surface area (Å²) in [5, 5.41) is 13.6. The number of unbranched alkanes of at least 4 members (excludes halogenated alkanes) is 1. The Labute approximate surface area is 156 Å². The van der Waals surface area contributed by atoms with Crippen molar-refractivity contribution in [2.24, 2.45) is 0 Å². The zero-order chi connectivity index (χ0) is 18.9. The van der Waals surface area contributed by atoms with Gasteiger partial charge in [0.25, 0.3) is 5.69 Å². The highest BCUT2D eigenvalue weighted by Crippen LogP contribution is 2.23. The summed E-state index contributed by atoms with van der Waals surface area (Å²) in [7, 11) is 0. The predicted octanol–water partition coefficient (Wildman–Crippen LogP) is 4.70. The number of ketones is 1. The molecular weight excluding hydrogens is 352 g/mol. The molecule has 0 fully saturated rings. The lowest BCUT2D eigenvalue weighted by Crippen LogP contribution is -2.10. The fourth-order valence-corrected chi connectivity index (χ4v) is 3.10. The number of hydrogen-bond acceptors (Lipinski definition) is 5. The van der Waals surface area contributed by atoms with Gasteiger partial charge in [0.05, 0.1) is 10.7 Å². The number of amides is 1. The first kappa shape index (κ1) is 19.7. The summed E-state index contributed by atoms with van der Waals surface area (Å²) >= 11 is 1.33. The molecule has 0 aliphatic rings. The van der Waals surface area contributed by atoms with E-state index in [2.05, 4.69) is 5.32 Å². The first-order chi connectivity index (χ1) is 12.5. The smallest absolute Gasteiger partial charge is 0.270 e. The normalized spacial score (nSPS) is 10.3. The van der Waals surface area contributed by atoms with Crippen molar-refractivity contribution in [1.82, 2.24) is 0 Å². The number of hydrogen-bond donors (Lipinski definition) is 1. The van der Waals surface area contributed by atoms with E-state index >= 15 is 0 Å². The van der Waals surface area contributed by atoms with Crippen molar-refractivity contribution in [3.8, 4) is 0 Å². The molecule has 7 heteroatoms. The van der Waals surface area contributed by atoms with Crippen LogP contribution in [0, 0.1) is 10.1 Å². The maximum Gasteiger partial charge on any atom is 0.270 e. The Morgan fingerprint density at radius 1 is 1.15 bits per heavy atom. The Kier molecular flexibility index (Phi) is 7.35. The van der Waals surface area contributed by atoms with Gasteiger partial charge in [-0.25, -0.2) is 0 Å². The van der Waals surface area contributed by atoms with Gasteiger partial charge in [0, 0.05) is 34.7 Å². The van der Waals surface area contributed by atoms with Crippen LogP contribution in [0.2, 0.25) is 0 Å². The number of rotatable bonds is 9. The first-order valence-corrected chi connectivity index (χ1v) is 9.28. The van der Waals surface area contributed by atoms with Gasteiger partial charge in [-0.15, -0.1) is 11.8 Å². The van der Waals surface area contributed by atoms with Crippen LogP contribution in [0.1, 0.15) is 36.5 Å². The molecule has 0 saturated heterocycles. The quantitative estimate of drug-likeness (QED) is 0.298. The van der Waals surface area contributed by atoms with Gasteiger partial charge in [-0.05, 0) is 24.6 Å². The monoisotopic (exact) mass is 372 g/mol. The van der Waals surface area contributed by atoms with Crippen LogP contribution >= 0.6 is 11.8 Å². The highest BCUT2D eigenvalue weighted by atomic mass is 32.2. The summed E-state index contributed by atoms with van der Waals surface area (Å²) in [6.07, 6.45) is 2.29. The van der Waals surface area contributed by atoms with Gasteiger partial charge in [0.2, 0.25) is 5.91 Å². The molecule has 1 amide bonds. The van der Waals surface area contributed by atoms with Crippen molar-refractivity contribution in [2.45, 2.75) is 31.1 Å². The van der Waals surface area contributed by atoms with Gasteiger partial charge in [-0.1, -0.05) is 31.5 Å². The highest BCUT2D eigenvalue weighted by molar-refractivity contribution is 8.00. The highest BCUT2D eigenvalue weighted by Gasteiger charge is 2.12. The summed E-state index contributed by atoms with van der Waals surface area (Å²) in [4.78, 5) is 35.2. The summed E-state index contributed by atoms with van der Waals surface area (Å²) in [6, 6.07) is 13.0. The molecule has 0 saturated carbocycles. The van der Waals surface area contributed by atoms with Crippen molar-refractivity contribution in [3.05, 3.63) is 64.2 Å². The molecule has 26 heavy (non-hydrogen) atoms. The maximum absolute atomic E-state index is 12.3. The number of benzene rings is 2. The minimum absolute atomic E-state index is 0.0262. The van der Waals surface area contributed by atoms with Gasteiger partial charge in [0.1, 0.15) is 0 Å². The molecule has 0 bridgehead atoms. The third-order valence-electron chi connectivity index (χ3n) is 3.62. The second-order valence-electron chi connectivity index (χ2n) is 5.70. The number of non-ortho nitro benzene ring substituents is 1. The van der Waals surface area contributed by atoms with Crippen LogP contribution in [0.25, 0.3) is 0 Å². The molecule has 2 aromatic carbocycles. The largest absolute Gasteiger partial charge is 0.326 e. The Bertz CT molecular complexity index is 808. The number of carbonyl (C=O) groups is 2. The van der Waals surface area contributed by atoms with E-state index < -0.39 is 4.92 Å². The van der Waals surface area contributed by atoms with E-state index in [-0.39, 0.29) is 23.1 Å². The first-order valence-electron chi connectivity index (χ1n) is 8.30. The molecule has 0 aromatic heterocycles. The molecule has 0 heterocycles. The molecule has 2 rings (SSSR count). The number of nitro benzene ring substituents is 1. The SMILES string of the molecule is CCCCC(=O)Nc1cccc(SCC(=O)c2cccc([N+](=O)[O-])c2)c1. The average Bonchev–Trinajstić information content (AvgIpc) is 2.64. The molecule has 136 valence electrons. The molecule has 0 radical (unpaired) electrons. The third-order valence-corrected chi connectivity index (χ3v) is 4.62. The van der Waals surface area contributed by atoms with E-state index in [0.29, 0.717) is 17.7 Å². The van der Waals surface area contributed by atoms with Crippen molar-refractivity contribution >= 4 is 34.8 Å². The van der Waals surface area contributed by atoms with Gasteiger partial charge in [-0.3, -0.25) is 19.7 Å². The molecule has 2 aromatic rings. The Morgan fingerprint density at radius 3 is 2.65 bits per heavy atom. The third kappa shape index (κ3) is 6.00. The summed E-state index contributed by atoms with van der Waals surface area (Å²) in [5.74, 6) is -0.0493. The van der Waals surface area contributed by atoms with Crippen molar-refractivity contribution in [3.63, 3.8) is 0 Å². The van der Waals surface area contributed by atoms with E-state index in [1.807, 2.05) is 25.1 Å². The second-order valence-corrected chi connectivity index (χ2v) is 6.75. The van der Waals surface area contributed by atoms with Gasteiger partial charge in [-0.2, -0.15) is 0 Å². The average molecular weight is 372 g/mol. The van der Waals surface area contributed by atoms with Gasteiger partial charge in [0.15, 0.2) is 5.78 Å². The Balaban J connectivity index is 1.96. The van der Waals surface area contributed by atoms with Crippen molar-refractivity contribution in [2.75, 3.05) is 11.1 Å². The maximum atomic E-state index is 12.3. The van der Waals surface area contributed by atoms with Crippen LogP contribution in [-0.4, -0.2) is 22.4 Å². The molecule has 0 spiro atoms. The number of thioether (sulfide) groups is 1. The summed E-state index contributed by atoms with van der Waals surface area (Å²) in [6.45, 7) is 2.03. The van der Waals surface area contributed by atoms with E-state index in [9.17, 15) is 19.7 Å². The van der Waals surface area contributed by atoms with Crippen LogP contribution in [0.15, 0.2) is 53.4 Å². The standard InChI is InChI=1S/C19H20N2O4S/c1-2-3-10-19(23)20-15-7-5-9-17(12-15)26-13-18(22)14-6-4-8-16(11-14)21(24)25/h4-9,11-12H,2-3,10,13H2,1H3,(H,20,23). The fraction of sp³-hybridized carbons (Fsp3) is 0.263. The minimum atomic E-state index is -0.519. The number of nitrogens with zero attached hydrogens (tertiary/aromatic N) is 1. The molecule has 0 aliphatic heterocycles. The lowest BCUT2D eigenvalue weighted by molar-refractivity contribution is -0.384. The van der Waals surface area contributed by atoms with E-state index in [1.165, 1.54) is 30.0 Å². The molecule has 0 atom stereocenters. The van der Waals surface area contributed by atoms with E-state index in [1.54, 1.807) is 12.1 Å².